The normalized spacial score (nSPS) is 30.6. The van der Waals surface area contributed by atoms with Crippen molar-refractivity contribution in [2.24, 2.45) is 5.92 Å². The summed E-state index contributed by atoms with van der Waals surface area (Å²) in [5.74, 6) is -1.14. The summed E-state index contributed by atoms with van der Waals surface area (Å²) in [5, 5.41) is 12.2. The Kier molecular flexibility index (Phi) is 3.25. The number of aliphatic carboxylic acids is 1. The fraction of sp³-hybridized carbons (Fsp3) is 0.846. The van der Waals surface area contributed by atoms with Gasteiger partial charge in [-0.25, -0.2) is 4.79 Å². The molecular formula is C13H22N2O3. The van der Waals surface area contributed by atoms with E-state index in [9.17, 15) is 9.59 Å². The zero-order valence-electron chi connectivity index (χ0n) is 11.3. The zero-order chi connectivity index (χ0) is 13.5. The first-order valence-electron chi connectivity index (χ1n) is 6.69. The summed E-state index contributed by atoms with van der Waals surface area (Å²) in [4.78, 5) is 25.2. The summed E-state index contributed by atoms with van der Waals surface area (Å²) in [5.41, 5.74) is -0.238. The number of carbonyl (C=O) groups excluding carboxylic acids is 1. The summed E-state index contributed by atoms with van der Waals surface area (Å²) in [7, 11) is 0. The minimum absolute atomic E-state index is 0.0990. The molecule has 3 atom stereocenters. The van der Waals surface area contributed by atoms with Gasteiger partial charge in [-0.15, -0.1) is 0 Å². The molecule has 0 aromatic carbocycles. The quantitative estimate of drug-likeness (QED) is 0.807. The van der Waals surface area contributed by atoms with Crippen LogP contribution in [0.25, 0.3) is 0 Å². The molecule has 2 saturated heterocycles. The molecule has 2 heterocycles. The van der Waals surface area contributed by atoms with Gasteiger partial charge in [-0.1, -0.05) is 6.92 Å². The first-order valence-corrected chi connectivity index (χ1v) is 6.69. The predicted molar refractivity (Wildman–Crippen MR) is 67.3 cm³/mol. The number of carbonyl (C=O) groups is 2. The minimum Gasteiger partial charge on any atom is -0.481 e. The summed E-state index contributed by atoms with van der Waals surface area (Å²) in [6.07, 6.45) is 3.22. The lowest BCUT2D eigenvalue weighted by Crippen LogP contribution is -2.51. The number of hydrogen-bond donors (Lipinski definition) is 2. The number of amides is 2. The smallest absolute Gasteiger partial charge is 0.318 e. The molecule has 0 spiro atoms. The molecule has 3 unspecified atom stereocenters. The van der Waals surface area contributed by atoms with Gasteiger partial charge in [-0.05, 0) is 39.5 Å². The van der Waals surface area contributed by atoms with Crippen LogP contribution in [-0.4, -0.2) is 39.6 Å². The second-order valence-electron chi connectivity index (χ2n) is 6.05. The lowest BCUT2D eigenvalue weighted by atomic mass is 9.89. The van der Waals surface area contributed by atoms with Crippen molar-refractivity contribution in [2.75, 3.05) is 0 Å². The van der Waals surface area contributed by atoms with Crippen LogP contribution in [0.3, 0.4) is 0 Å². The van der Waals surface area contributed by atoms with Crippen molar-refractivity contribution < 1.29 is 14.7 Å². The van der Waals surface area contributed by atoms with Crippen molar-refractivity contribution in [3.63, 3.8) is 0 Å². The highest BCUT2D eigenvalue weighted by Crippen LogP contribution is 2.41. The Balaban J connectivity index is 2.07. The Hall–Kier alpha value is -1.26. The maximum Gasteiger partial charge on any atom is 0.318 e. The molecule has 2 aliphatic rings. The first kappa shape index (κ1) is 13.2. The number of carboxylic acid groups (broad SMARTS) is 1. The van der Waals surface area contributed by atoms with Gasteiger partial charge in [0, 0.05) is 17.6 Å². The number of urea groups is 1. The average Bonchev–Trinajstić information content (AvgIpc) is 2.85. The fourth-order valence-corrected chi connectivity index (χ4v) is 3.01. The molecule has 2 amide bonds. The molecule has 0 aromatic heterocycles. The molecule has 0 radical (unpaired) electrons. The van der Waals surface area contributed by atoms with Crippen LogP contribution in [-0.2, 0) is 4.79 Å². The van der Waals surface area contributed by atoms with Crippen LogP contribution in [0, 0.1) is 5.92 Å². The Morgan fingerprint density at radius 3 is 2.56 bits per heavy atom. The monoisotopic (exact) mass is 254 g/mol. The van der Waals surface area contributed by atoms with E-state index in [0.717, 1.165) is 19.3 Å². The summed E-state index contributed by atoms with van der Waals surface area (Å²) in [6.45, 7) is 5.99. The molecule has 18 heavy (non-hydrogen) atoms. The topological polar surface area (TPSA) is 69.6 Å². The summed E-state index contributed by atoms with van der Waals surface area (Å²) < 4.78 is 0. The largest absolute Gasteiger partial charge is 0.481 e. The van der Waals surface area contributed by atoms with Crippen molar-refractivity contribution in [2.45, 2.75) is 64.1 Å². The van der Waals surface area contributed by atoms with Crippen LogP contribution in [0.2, 0.25) is 0 Å². The Labute approximate surface area is 108 Å². The highest BCUT2D eigenvalue weighted by Gasteiger charge is 2.51. The fourth-order valence-electron chi connectivity index (χ4n) is 3.01. The molecule has 0 aliphatic carbocycles. The molecule has 0 aromatic rings. The lowest BCUT2D eigenvalue weighted by Gasteiger charge is -2.30. The van der Waals surface area contributed by atoms with E-state index in [2.05, 4.69) is 5.32 Å². The maximum atomic E-state index is 12.3. The average molecular weight is 254 g/mol. The molecule has 2 N–H and O–H groups in total. The molecule has 5 heteroatoms. The van der Waals surface area contributed by atoms with Gasteiger partial charge in [0.2, 0.25) is 0 Å². The maximum absolute atomic E-state index is 12.3. The summed E-state index contributed by atoms with van der Waals surface area (Å²) >= 11 is 0. The van der Waals surface area contributed by atoms with Crippen LogP contribution in [0.1, 0.15) is 46.5 Å². The van der Waals surface area contributed by atoms with E-state index in [1.807, 2.05) is 20.8 Å². The van der Waals surface area contributed by atoms with Crippen LogP contribution < -0.4 is 5.32 Å². The molecule has 2 rings (SSSR count). The third-order valence-corrected chi connectivity index (χ3v) is 4.42. The molecular weight excluding hydrogens is 232 g/mol. The van der Waals surface area contributed by atoms with Crippen molar-refractivity contribution in [3.8, 4) is 0 Å². The number of nitrogens with zero attached hydrogens (tertiary/aromatic N) is 1. The molecule has 2 fully saturated rings. The van der Waals surface area contributed by atoms with E-state index in [0.29, 0.717) is 6.42 Å². The highest BCUT2D eigenvalue weighted by molar-refractivity contribution is 5.79. The van der Waals surface area contributed by atoms with E-state index in [1.165, 1.54) is 0 Å². The minimum atomic E-state index is -0.769. The second kappa shape index (κ2) is 4.44. The third-order valence-electron chi connectivity index (χ3n) is 4.42. The van der Waals surface area contributed by atoms with Crippen molar-refractivity contribution >= 4 is 12.0 Å². The van der Waals surface area contributed by atoms with Gasteiger partial charge in [0.05, 0.1) is 5.92 Å². The van der Waals surface area contributed by atoms with E-state index in [1.54, 1.807) is 4.90 Å². The van der Waals surface area contributed by atoms with E-state index < -0.39 is 5.97 Å². The van der Waals surface area contributed by atoms with E-state index >= 15 is 0 Å². The number of carboxylic acids is 1. The van der Waals surface area contributed by atoms with Crippen LogP contribution in [0.4, 0.5) is 4.79 Å². The van der Waals surface area contributed by atoms with Crippen molar-refractivity contribution in [1.82, 2.24) is 10.2 Å². The number of hydrogen-bond acceptors (Lipinski definition) is 2. The van der Waals surface area contributed by atoms with E-state index in [4.69, 9.17) is 5.11 Å². The Morgan fingerprint density at radius 1 is 1.39 bits per heavy atom. The predicted octanol–water partition coefficient (Wildman–Crippen LogP) is 1.82. The van der Waals surface area contributed by atoms with Crippen LogP contribution in [0.15, 0.2) is 0 Å². The SMILES string of the molecule is CCC(C)(C)NC(=O)N1C2CCC1C(C(=O)O)C2. The Bertz CT molecular complexity index is 367. The van der Waals surface area contributed by atoms with Crippen LogP contribution in [0.5, 0.6) is 0 Å². The van der Waals surface area contributed by atoms with Crippen LogP contribution >= 0.6 is 0 Å². The number of rotatable bonds is 3. The van der Waals surface area contributed by atoms with E-state index in [-0.39, 0.29) is 29.6 Å². The second-order valence-corrected chi connectivity index (χ2v) is 6.05. The first-order chi connectivity index (χ1) is 8.35. The van der Waals surface area contributed by atoms with Crippen molar-refractivity contribution in [3.05, 3.63) is 0 Å². The van der Waals surface area contributed by atoms with Crippen molar-refractivity contribution in [1.29, 1.82) is 0 Å². The van der Waals surface area contributed by atoms with Gasteiger partial charge in [-0.3, -0.25) is 4.79 Å². The van der Waals surface area contributed by atoms with Gasteiger partial charge >= 0.3 is 12.0 Å². The van der Waals surface area contributed by atoms with Gasteiger partial charge < -0.3 is 15.3 Å². The summed E-state index contributed by atoms with van der Waals surface area (Å²) in [6, 6.07) is -0.0954. The molecule has 0 saturated carbocycles. The molecule has 102 valence electrons. The van der Waals surface area contributed by atoms with Gasteiger partial charge in [0.25, 0.3) is 0 Å². The number of fused-ring (bicyclic) bond motifs is 2. The Morgan fingerprint density at radius 2 is 2.06 bits per heavy atom. The lowest BCUT2D eigenvalue weighted by molar-refractivity contribution is -0.142. The molecule has 2 aliphatic heterocycles. The number of nitrogens with one attached hydrogen (secondary N) is 1. The third kappa shape index (κ3) is 2.18. The standard InChI is InChI=1S/C13H22N2O3/c1-4-13(2,3)14-12(18)15-8-5-6-10(15)9(7-8)11(16)17/h8-10H,4-7H2,1-3H3,(H,14,18)(H,16,17). The highest BCUT2D eigenvalue weighted by atomic mass is 16.4. The zero-order valence-corrected chi connectivity index (χ0v) is 11.3. The molecule has 5 nitrogen and oxygen atoms in total. The van der Waals surface area contributed by atoms with Gasteiger partial charge in [0.15, 0.2) is 0 Å². The molecule has 2 bridgehead atoms. The van der Waals surface area contributed by atoms with Gasteiger partial charge in [-0.2, -0.15) is 0 Å². The van der Waals surface area contributed by atoms with Gasteiger partial charge in [0.1, 0.15) is 0 Å².